The van der Waals surface area contributed by atoms with E-state index in [1.165, 1.54) is 0 Å². The van der Waals surface area contributed by atoms with Crippen LogP contribution in [0.3, 0.4) is 0 Å². The minimum atomic E-state index is 0.129. The molecule has 0 aliphatic carbocycles. The molecule has 0 bridgehead atoms. The van der Waals surface area contributed by atoms with Gasteiger partial charge in [0.25, 0.3) is 0 Å². The zero-order valence-electron chi connectivity index (χ0n) is 14.5. The molecule has 1 fully saturated rings. The number of hydrogen-bond donors (Lipinski definition) is 1. The number of aryl methyl sites for hydroxylation is 3. The van der Waals surface area contributed by atoms with E-state index in [9.17, 15) is 4.79 Å². The maximum Gasteiger partial charge on any atom is 0.227 e. The summed E-state index contributed by atoms with van der Waals surface area (Å²) in [6.45, 7) is 9.19. The Hall–Kier alpha value is -1.73. The van der Waals surface area contributed by atoms with Crippen molar-refractivity contribution in [2.24, 2.45) is 5.92 Å². The number of thiazole rings is 1. The molecule has 1 saturated heterocycles. The van der Waals surface area contributed by atoms with Crippen molar-refractivity contribution in [3.63, 3.8) is 0 Å². The molecule has 1 unspecified atom stereocenters. The Kier molecular flexibility index (Phi) is 5.30. The third kappa shape index (κ3) is 3.84. The van der Waals surface area contributed by atoms with Crippen LogP contribution in [-0.4, -0.2) is 40.6 Å². The van der Waals surface area contributed by atoms with Crippen LogP contribution >= 0.6 is 11.3 Å². The van der Waals surface area contributed by atoms with Gasteiger partial charge in [0, 0.05) is 17.0 Å². The standard InChI is InChI=1S/C17H24N4O2S/c1-11-15(13(3)23-20-11)6-17(22)21(8-14-4-5-18-7-14)9-16-12(2)19-10-24-16/h10,14,18H,4-9H2,1-3H3. The van der Waals surface area contributed by atoms with Gasteiger partial charge in [0.1, 0.15) is 5.76 Å². The lowest BCUT2D eigenvalue weighted by Gasteiger charge is -2.25. The summed E-state index contributed by atoms with van der Waals surface area (Å²) >= 11 is 1.62. The quantitative estimate of drug-likeness (QED) is 0.867. The van der Waals surface area contributed by atoms with Crippen molar-refractivity contribution in [3.05, 3.63) is 33.1 Å². The van der Waals surface area contributed by atoms with Gasteiger partial charge in [-0.1, -0.05) is 5.16 Å². The minimum absolute atomic E-state index is 0.129. The molecule has 3 rings (SSSR count). The summed E-state index contributed by atoms with van der Waals surface area (Å²) in [7, 11) is 0. The van der Waals surface area contributed by atoms with Gasteiger partial charge < -0.3 is 14.7 Å². The van der Waals surface area contributed by atoms with Gasteiger partial charge in [-0.05, 0) is 46.2 Å². The zero-order chi connectivity index (χ0) is 17.1. The molecule has 2 aromatic rings. The summed E-state index contributed by atoms with van der Waals surface area (Å²) in [4.78, 5) is 20.4. The first kappa shape index (κ1) is 17.1. The van der Waals surface area contributed by atoms with Crippen LogP contribution in [-0.2, 0) is 17.8 Å². The number of aromatic nitrogens is 2. The van der Waals surface area contributed by atoms with Crippen molar-refractivity contribution >= 4 is 17.2 Å². The second-order valence-corrected chi connectivity index (χ2v) is 7.41. The number of nitrogens with zero attached hydrogens (tertiary/aromatic N) is 3. The fourth-order valence-electron chi connectivity index (χ4n) is 3.11. The number of carbonyl (C=O) groups excluding carboxylic acids is 1. The van der Waals surface area contributed by atoms with E-state index in [0.717, 1.165) is 53.6 Å². The summed E-state index contributed by atoms with van der Waals surface area (Å²) in [5, 5.41) is 7.34. The molecule has 0 spiro atoms. The SMILES string of the molecule is Cc1ncsc1CN(CC1CCNC1)C(=O)Cc1c(C)noc1C. The Labute approximate surface area is 146 Å². The Morgan fingerprint density at radius 1 is 1.42 bits per heavy atom. The molecular weight excluding hydrogens is 324 g/mol. The highest BCUT2D eigenvalue weighted by Gasteiger charge is 2.24. The van der Waals surface area contributed by atoms with E-state index in [1.54, 1.807) is 11.3 Å². The number of nitrogens with one attached hydrogen (secondary N) is 1. The number of hydrogen-bond acceptors (Lipinski definition) is 6. The van der Waals surface area contributed by atoms with Crippen molar-refractivity contribution in [3.8, 4) is 0 Å². The lowest BCUT2D eigenvalue weighted by Crippen LogP contribution is -2.36. The van der Waals surface area contributed by atoms with E-state index in [4.69, 9.17) is 4.52 Å². The predicted molar refractivity (Wildman–Crippen MR) is 92.9 cm³/mol. The molecule has 1 aliphatic heterocycles. The first-order valence-corrected chi connectivity index (χ1v) is 9.21. The Morgan fingerprint density at radius 3 is 2.83 bits per heavy atom. The van der Waals surface area contributed by atoms with Crippen LogP contribution in [0.5, 0.6) is 0 Å². The lowest BCUT2D eigenvalue weighted by atomic mass is 10.1. The predicted octanol–water partition coefficient (Wildman–Crippen LogP) is 2.24. The van der Waals surface area contributed by atoms with Crippen LogP contribution in [0.4, 0.5) is 0 Å². The molecule has 1 amide bonds. The molecule has 0 aromatic carbocycles. The molecule has 3 heterocycles. The van der Waals surface area contributed by atoms with E-state index in [2.05, 4.69) is 15.5 Å². The van der Waals surface area contributed by atoms with Gasteiger partial charge in [-0.25, -0.2) is 4.98 Å². The maximum absolute atomic E-state index is 13.0. The molecule has 130 valence electrons. The monoisotopic (exact) mass is 348 g/mol. The van der Waals surface area contributed by atoms with E-state index in [-0.39, 0.29) is 5.91 Å². The van der Waals surface area contributed by atoms with Gasteiger partial charge >= 0.3 is 0 Å². The highest BCUT2D eigenvalue weighted by Crippen LogP contribution is 2.20. The van der Waals surface area contributed by atoms with Gasteiger partial charge in [0.2, 0.25) is 5.91 Å². The van der Waals surface area contributed by atoms with Crippen molar-refractivity contribution in [1.82, 2.24) is 20.4 Å². The second kappa shape index (κ2) is 7.44. The van der Waals surface area contributed by atoms with Gasteiger partial charge in [-0.3, -0.25) is 4.79 Å². The Morgan fingerprint density at radius 2 is 2.25 bits per heavy atom. The average Bonchev–Trinajstić information content (AvgIpc) is 3.27. The fourth-order valence-corrected chi connectivity index (χ4v) is 3.90. The molecule has 1 aliphatic rings. The third-order valence-corrected chi connectivity index (χ3v) is 5.60. The molecule has 24 heavy (non-hydrogen) atoms. The summed E-state index contributed by atoms with van der Waals surface area (Å²) in [6.07, 6.45) is 1.47. The van der Waals surface area contributed by atoms with Crippen LogP contribution in [0.1, 0.15) is 34.0 Å². The largest absolute Gasteiger partial charge is 0.361 e. The summed E-state index contributed by atoms with van der Waals surface area (Å²) < 4.78 is 5.20. The molecule has 1 N–H and O–H groups in total. The molecular formula is C17H24N4O2S. The van der Waals surface area contributed by atoms with Crippen LogP contribution in [0, 0.1) is 26.7 Å². The number of rotatable bonds is 6. The van der Waals surface area contributed by atoms with Gasteiger partial charge in [-0.2, -0.15) is 0 Å². The summed E-state index contributed by atoms with van der Waals surface area (Å²) in [5.74, 6) is 1.38. The van der Waals surface area contributed by atoms with Gasteiger partial charge in [0.15, 0.2) is 0 Å². The number of amides is 1. The van der Waals surface area contributed by atoms with Crippen molar-refractivity contribution in [2.75, 3.05) is 19.6 Å². The van der Waals surface area contributed by atoms with Gasteiger partial charge in [-0.15, -0.1) is 11.3 Å². The summed E-state index contributed by atoms with van der Waals surface area (Å²) in [6, 6.07) is 0. The molecule has 2 aromatic heterocycles. The van der Waals surface area contributed by atoms with E-state index in [1.807, 2.05) is 31.2 Å². The van der Waals surface area contributed by atoms with Crippen molar-refractivity contribution in [1.29, 1.82) is 0 Å². The van der Waals surface area contributed by atoms with Crippen LogP contribution in [0.2, 0.25) is 0 Å². The molecule has 6 nitrogen and oxygen atoms in total. The highest BCUT2D eigenvalue weighted by atomic mass is 32.1. The van der Waals surface area contributed by atoms with E-state index < -0.39 is 0 Å². The topological polar surface area (TPSA) is 71.3 Å². The van der Waals surface area contributed by atoms with Crippen molar-refractivity contribution < 1.29 is 9.32 Å². The smallest absolute Gasteiger partial charge is 0.227 e. The third-order valence-electron chi connectivity index (χ3n) is 4.68. The molecule has 0 radical (unpaired) electrons. The lowest BCUT2D eigenvalue weighted by molar-refractivity contribution is -0.131. The average molecular weight is 348 g/mol. The van der Waals surface area contributed by atoms with Crippen LogP contribution in [0.25, 0.3) is 0 Å². The maximum atomic E-state index is 13.0. The molecule has 0 saturated carbocycles. The highest BCUT2D eigenvalue weighted by molar-refractivity contribution is 7.09. The van der Waals surface area contributed by atoms with Crippen LogP contribution < -0.4 is 5.32 Å². The van der Waals surface area contributed by atoms with E-state index >= 15 is 0 Å². The normalized spacial score (nSPS) is 17.4. The second-order valence-electron chi connectivity index (χ2n) is 6.47. The van der Waals surface area contributed by atoms with E-state index in [0.29, 0.717) is 18.9 Å². The molecule has 1 atom stereocenters. The Balaban J connectivity index is 1.74. The first-order valence-electron chi connectivity index (χ1n) is 8.33. The zero-order valence-corrected chi connectivity index (χ0v) is 15.3. The Bertz CT molecular complexity index is 684. The van der Waals surface area contributed by atoms with Gasteiger partial charge in [0.05, 0.1) is 29.9 Å². The number of carbonyl (C=O) groups is 1. The molecule has 7 heteroatoms. The minimum Gasteiger partial charge on any atom is -0.361 e. The van der Waals surface area contributed by atoms with Crippen molar-refractivity contribution in [2.45, 2.75) is 40.2 Å². The van der Waals surface area contributed by atoms with Crippen LogP contribution in [0.15, 0.2) is 10.0 Å². The fraction of sp³-hybridized carbons (Fsp3) is 0.588. The summed E-state index contributed by atoms with van der Waals surface area (Å²) in [5.41, 5.74) is 4.58. The first-order chi connectivity index (χ1) is 11.5.